The lowest BCUT2D eigenvalue weighted by Crippen LogP contribution is -2.21. The summed E-state index contributed by atoms with van der Waals surface area (Å²) in [6.45, 7) is 6.76. The molecule has 1 aromatic rings. The largest absolute Gasteiger partial charge is 0.382 e. The minimum absolute atomic E-state index is 0.546. The lowest BCUT2D eigenvalue weighted by Gasteiger charge is -2.19. The van der Waals surface area contributed by atoms with Gasteiger partial charge in [0.1, 0.15) is 0 Å². The number of anilines is 1. The van der Waals surface area contributed by atoms with Crippen molar-refractivity contribution in [2.75, 3.05) is 5.32 Å². The summed E-state index contributed by atoms with van der Waals surface area (Å²) < 4.78 is 0. The van der Waals surface area contributed by atoms with E-state index in [1.807, 2.05) is 0 Å². The molecule has 0 saturated carbocycles. The van der Waals surface area contributed by atoms with Crippen molar-refractivity contribution in [2.24, 2.45) is 5.92 Å². The molecule has 15 heavy (non-hydrogen) atoms. The van der Waals surface area contributed by atoms with E-state index in [4.69, 9.17) is 0 Å². The minimum atomic E-state index is 0.546. The van der Waals surface area contributed by atoms with Gasteiger partial charge in [-0.1, -0.05) is 19.9 Å². The molecular weight excluding hydrogens is 182 g/mol. The number of hydrogen-bond donors (Lipinski definition) is 1. The van der Waals surface area contributed by atoms with Crippen molar-refractivity contribution in [3.05, 3.63) is 29.3 Å². The summed E-state index contributed by atoms with van der Waals surface area (Å²) >= 11 is 0. The molecule has 1 aliphatic carbocycles. The zero-order valence-electron chi connectivity index (χ0n) is 10.0. The van der Waals surface area contributed by atoms with Crippen LogP contribution in [0.2, 0.25) is 0 Å². The summed E-state index contributed by atoms with van der Waals surface area (Å²) in [5, 5.41) is 3.57. The van der Waals surface area contributed by atoms with Crippen molar-refractivity contribution >= 4 is 5.69 Å². The monoisotopic (exact) mass is 203 g/mol. The average molecular weight is 203 g/mol. The Morgan fingerprint density at radius 2 is 1.80 bits per heavy atom. The average Bonchev–Trinajstić information content (AvgIpc) is 2.64. The maximum atomic E-state index is 3.57. The molecule has 1 nitrogen and oxygen atoms in total. The molecule has 0 radical (unpaired) electrons. The summed E-state index contributed by atoms with van der Waals surface area (Å²) in [5.41, 5.74) is 4.39. The number of fused-ring (bicyclic) bond motifs is 1. The topological polar surface area (TPSA) is 12.0 Å². The highest BCUT2D eigenvalue weighted by Crippen LogP contribution is 2.25. The molecule has 0 aliphatic heterocycles. The van der Waals surface area contributed by atoms with E-state index in [1.165, 1.54) is 24.9 Å². The van der Waals surface area contributed by atoms with Crippen LogP contribution in [-0.2, 0) is 12.8 Å². The van der Waals surface area contributed by atoms with Crippen LogP contribution >= 0.6 is 0 Å². The molecule has 0 amide bonds. The SMILES string of the molecule is CC(C)[C@@H](C)Nc1ccc2c(c1)CCC2. The Hall–Kier alpha value is -0.980. The predicted octanol–water partition coefficient (Wildman–Crippen LogP) is 3.63. The Labute approximate surface area is 92.9 Å². The van der Waals surface area contributed by atoms with Crippen molar-refractivity contribution < 1.29 is 0 Å². The molecule has 1 N–H and O–H groups in total. The maximum absolute atomic E-state index is 3.57. The van der Waals surface area contributed by atoms with Crippen molar-refractivity contribution in [3.8, 4) is 0 Å². The van der Waals surface area contributed by atoms with Gasteiger partial charge in [0.25, 0.3) is 0 Å². The lowest BCUT2D eigenvalue weighted by atomic mass is 10.0. The first-order valence-corrected chi connectivity index (χ1v) is 6.05. The summed E-state index contributed by atoms with van der Waals surface area (Å²) in [6.07, 6.45) is 3.87. The zero-order valence-corrected chi connectivity index (χ0v) is 10.0. The highest BCUT2D eigenvalue weighted by atomic mass is 14.9. The van der Waals surface area contributed by atoms with Gasteiger partial charge in [-0.3, -0.25) is 0 Å². The first-order chi connectivity index (χ1) is 7.16. The van der Waals surface area contributed by atoms with Crippen LogP contribution < -0.4 is 5.32 Å². The van der Waals surface area contributed by atoms with Gasteiger partial charge in [0, 0.05) is 11.7 Å². The van der Waals surface area contributed by atoms with Gasteiger partial charge in [-0.25, -0.2) is 0 Å². The number of aryl methyl sites for hydroxylation is 2. The molecule has 1 aromatic carbocycles. The van der Waals surface area contributed by atoms with Gasteiger partial charge >= 0.3 is 0 Å². The normalized spacial score (nSPS) is 16.5. The van der Waals surface area contributed by atoms with Crippen molar-refractivity contribution in [1.82, 2.24) is 0 Å². The molecule has 0 unspecified atom stereocenters. The number of hydrogen-bond acceptors (Lipinski definition) is 1. The molecule has 1 atom stereocenters. The fraction of sp³-hybridized carbons (Fsp3) is 0.571. The highest BCUT2D eigenvalue weighted by molar-refractivity contribution is 5.50. The summed E-state index contributed by atoms with van der Waals surface area (Å²) in [6, 6.07) is 7.39. The van der Waals surface area contributed by atoms with Gasteiger partial charge < -0.3 is 5.32 Å². The van der Waals surface area contributed by atoms with E-state index >= 15 is 0 Å². The first-order valence-electron chi connectivity index (χ1n) is 6.05. The molecule has 0 bridgehead atoms. The molecule has 82 valence electrons. The van der Waals surface area contributed by atoms with Crippen LogP contribution in [0.1, 0.15) is 38.3 Å². The fourth-order valence-corrected chi connectivity index (χ4v) is 2.09. The van der Waals surface area contributed by atoms with Gasteiger partial charge in [0.2, 0.25) is 0 Å². The van der Waals surface area contributed by atoms with Gasteiger partial charge in [0.15, 0.2) is 0 Å². The Kier molecular flexibility index (Phi) is 2.99. The van der Waals surface area contributed by atoms with E-state index in [1.54, 1.807) is 11.1 Å². The lowest BCUT2D eigenvalue weighted by molar-refractivity contribution is 0.560. The molecular formula is C14H21N. The number of nitrogens with one attached hydrogen (secondary N) is 1. The van der Waals surface area contributed by atoms with Crippen molar-refractivity contribution in [2.45, 2.75) is 46.1 Å². The third-order valence-electron chi connectivity index (χ3n) is 3.49. The zero-order chi connectivity index (χ0) is 10.8. The molecule has 0 aromatic heterocycles. The van der Waals surface area contributed by atoms with E-state index < -0.39 is 0 Å². The molecule has 0 fully saturated rings. The third-order valence-corrected chi connectivity index (χ3v) is 3.49. The highest BCUT2D eigenvalue weighted by Gasteiger charge is 2.12. The second kappa shape index (κ2) is 4.26. The Morgan fingerprint density at radius 3 is 2.53 bits per heavy atom. The van der Waals surface area contributed by atoms with E-state index in [9.17, 15) is 0 Å². The minimum Gasteiger partial charge on any atom is -0.382 e. The molecule has 0 spiro atoms. The summed E-state index contributed by atoms with van der Waals surface area (Å²) in [7, 11) is 0. The number of benzene rings is 1. The van der Waals surface area contributed by atoms with Gasteiger partial charge in [0.05, 0.1) is 0 Å². The second-order valence-electron chi connectivity index (χ2n) is 5.01. The summed E-state index contributed by atoms with van der Waals surface area (Å²) in [5.74, 6) is 0.679. The quantitative estimate of drug-likeness (QED) is 0.791. The van der Waals surface area contributed by atoms with Crippen LogP contribution in [-0.4, -0.2) is 6.04 Å². The van der Waals surface area contributed by atoms with Crippen LogP contribution in [0.4, 0.5) is 5.69 Å². The first kappa shape index (κ1) is 10.5. The van der Waals surface area contributed by atoms with Gasteiger partial charge in [-0.2, -0.15) is 0 Å². The molecule has 2 rings (SSSR count). The fourth-order valence-electron chi connectivity index (χ4n) is 2.09. The second-order valence-corrected chi connectivity index (χ2v) is 5.01. The van der Waals surface area contributed by atoms with Crippen molar-refractivity contribution in [3.63, 3.8) is 0 Å². The molecule has 0 saturated heterocycles. The van der Waals surface area contributed by atoms with E-state index in [-0.39, 0.29) is 0 Å². The maximum Gasteiger partial charge on any atom is 0.0345 e. The van der Waals surface area contributed by atoms with Crippen LogP contribution in [0.5, 0.6) is 0 Å². The standard InChI is InChI=1S/C14H21N/c1-10(2)11(3)15-14-8-7-12-5-4-6-13(12)9-14/h7-11,15H,4-6H2,1-3H3/t11-/m1/s1. The smallest absolute Gasteiger partial charge is 0.0345 e. The van der Waals surface area contributed by atoms with Crippen LogP contribution in [0.25, 0.3) is 0 Å². The molecule has 1 heteroatoms. The van der Waals surface area contributed by atoms with Crippen LogP contribution in [0, 0.1) is 5.92 Å². The van der Waals surface area contributed by atoms with Gasteiger partial charge in [-0.15, -0.1) is 0 Å². The van der Waals surface area contributed by atoms with E-state index in [0.29, 0.717) is 12.0 Å². The molecule has 1 aliphatic rings. The van der Waals surface area contributed by atoms with E-state index in [0.717, 1.165) is 0 Å². The molecule has 0 heterocycles. The number of rotatable bonds is 3. The summed E-state index contributed by atoms with van der Waals surface area (Å²) in [4.78, 5) is 0. The van der Waals surface area contributed by atoms with Gasteiger partial charge in [-0.05, 0) is 55.4 Å². The van der Waals surface area contributed by atoms with Crippen LogP contribution in [0.15, 0.2) is 18.2 Å². The Balaban J connectivity index is 2.10. The Morgan fingerprint density at radius 1 is 1.07 bits per heavy atom. The Bertz CT molecular complexity index is 341. The van der Waals surface area contributed by atoms with Crippen molar-refractivity contribution in [1.29, 1.82) is 0 Å². The van der Waals surface area contributed by atoms with E-state index in [2.05, 4.69) is 44.3 Å². The van der Waals surface area contributed by atoms with Crippen LogP contribution in [0.3, 0.4) is 0 Å². The third kappa shape index (κ3) is 2.34. The predicted molar refractivity (Wildman–Crippen MR) is 66.4 cm³/mol.